The van der Waals surface area contributed by atoms with Gasteiger partial charge in [-0.05, 0) is 31.4 Å². The zero-order valence-corrected chi connectivity index (χ0v) is 12.0. The predicted molar refractivity (Wildman–Crippen MR) is 75.8 cm³/mol. The number of aromatic nitrogens is 3. The molecule has 0 aliphatic rings. The SMILES string of the molecule is Cc1c(C(=O)OCCC(C)C)cnn1-c1ccccn1. The molecular weight excluding hydrogens is 254 g/mol. The van der Waals surface area contributed by atoms with Crippen LogP contribution in [0.2, 0.25) is 0 Å². The quantitative estimate of drug-likeness (QED) is 0.786. The number of ether oxygens (including phenoxy) is 1. The Kier molecular flexibility index (Phi) is 4.50. The van der Waals surface area contributed by atoms with E-state index >= 15 is 0 Å². The first-order chi connectivity index (χ1) is 9.59. The lowest BCUT2D eigenvalue weighted by Crippen LogP contribution is -2.09. The second kappa shape index (κ2) is 6.32. The molecule has 5 heteroatoms. The maximum atomic E-state index is 12.0. The Morgan fingerprint density at radius 3 is 2.85 bits per heavy atom. The first-order valence-corrected chi connectivity index (χ1v) is 6.72. The molecular formula is C15H19N3O2. The molecule has 0 unspecified atom stereocenters. The van der Waals surface area contributed by atoms with Gasteiger partial charge in [0.1, 0.15) is 5.56 Å². The molecule has 0 bridgehead atoms. The van der Waals surface area contributed by atoms with E-state index in [0.29, 0.717) is 23.9 Å². The third-order valence-corrected chi connectivity index (χ3v) is 3.02. The summed E-state index contributed by atoms with van der Waals surface area (Å²) >= 11 is 0. The minimum atomic E-state index is -0.328. The number of nitrogens with zero attached hydrogens (tertiary/aromatic N) is 3. The van der Waals surface area contributed by atoms with Crippen LogP contribution >= 0.6 is 0 Å². The second-order valence-electron chi connectivity index (χ2n) is 5.06. The van der Waals surface area contributed by atoms with Gasteiger partial charge in [0, 0.05) is 6.20 Å². The van der Waals surface area contributed by atoms with E-state index in [4.69, 9.17) is 4.74 Å². The lowest BCUT2D eigenvalue weighted by molar-refractivity contribution is 0.0487. The van der Waals surface area contributed by atoms with E-state index < -0.39 is 0 Å². The highest BCUT2D eigenvalue weighted by Gasteiger charge is 2.16. The summed E-state index contributed by atoms with van der Waals surface area (Å²) < 4.78 is 6.89. The highest BCUT2D eigenvalue weighted by atomic mass is 16.5. The monoisotopic (exact) mass is 273 g/mol. The smallest absolute Gasteiger partial charge is 0.341 e. The number of hydrogen-bond donors (Lipinski definition) is 0. The topological polar surface area (TPSA) is 57.0 Å². The third kappa shape index (κ3) is 3.23. The van der Waals surface area contributed by atoms with Crippen molar-refractivity contribution in [2.45, 2.75) is 27.2 Å². The molecule has 0 radical (unpaired) electrons. The van der Waals surface area contributed by atoms with E-state index in [1.54, 1.807) is 10.9 Å². The number of esters is 1. The zero-order chi connectivity index (χ0) is 14.5. The van der Waals surface area contributed by atoms with Crippen LogP contribution in [0.15, 0.2) is 30.6 Å². The molecule has 2 rings (SSSR count). The molecule has 2 aromatic heterocycles. The molecule has 2 heterocycles. The Labute approximate surface area is 118 Å². The second-order valence-corrected chi connectivity index (χ2v) is 5.06. The number of rotatable bonds is 5. The molecule has 0 N–H and O–H groups in total. The van der Waals surface area contributed by atoms with Crippen molar-refractivity contribution in [1.82, 2.24) is 14.8 Å². The Bertz CT molecular complexity index is 576. The van der Waals surface area contributed by atoms with Gasteiger partial charge in [0.2, 0.25) is 0 Å². The van der Waals surface area contributed by atoms with Gasteiger partial charge in [-0.25, -0.2) is 14.5 Å². The van der Waals surface area contributed by atoms with Crippen LogP contribution in [0.3, 0.4) is 0 Å². The Morgan fingerprint density at radius 1 is 1.40 bits per heavy atom. The van der Waals surface area contributed by atoms with Crippen molar-refractivity contribution in [2.75, 3.05) is 6.61 Å². The highest BCUT2D eigenvalue weighted by molar-refractivity contribution is 5.90. The van der Waals surface area contributed by atoms with Crippen LogP contribution in [0.1, 0.15) is 36.3 Å². The summed E-state index contributed by atoms with van der Waals surface area (Å²) in [6.07, 6.45) is 4.08. The summed E-state index contributed by atoms with van der Waals surface area (Å²) in [5.41, 5.74) is 1.22. The Balaban J connectivity index is 2.11. The van der Waals surface area contributed by atoms with E-state index in [1.165, 1.54) is 6.20 Å². The molecule has 2 aromatic rings. The van der Waals surface area contributed by atoms with Crippen LogP contribution < -0.4 is 0 Å². The summed E-state index contributed by atoms with van der Waals surface area (Å²) in [7, 11) is 0. The van der Waals surface area contributed by atoms with E-state index in [2.05, 4.69) is 23.9 Å². The predicted octanol–water partition coefficient (Wildman–Crippen LogP) is 2.78. The van der Waals surface area contributed by atoms with Gasteiger partial charge in [-0.1, -0.05) is 19.9 Å². The number of hydrogen-bond acceptors (Lipinski definition) is 4. The van der Waals surface area contributed by atoms with Gasteiger partial charge < -0.3 is 4.74 Å². The van der Waals surface area contributed by atoms with Gasteiger partial charge in [-0.2, -0.15) is 5.10 Å². The fraction of sp³-hybridized carbons (Fsp3) is 0.400. The maximum Gasteiger partial charge on any atom is 0.341 e. The minimum absolute atomic E-state index is 0.328. The van der Waals surface area contributed by atoms with Crippen LogP contribution in [0.4, 0.5) is 0 Å². The first-order valence-electron chi connectivity index (χ1n) is 6.72. The molecule has 0 aliphatic carbocycles. The first kappa shape index (κ1) is 14.2. The van der Waals surface area contributed by atoms with Gasteiger partial charge in [0.25, 0.3) is 0 Å². The molecule has 0 spiro atoms. The maximum absolute atomic E-state index is 12.0. The van der Waals surface area contributed by atoms with E-state index in [9.17, 15) is 4.79 Å². The molecule has 0 saturated carbocycles. The van der Waals surface area contributed by atoms with E-state index in [0.717, 1.165) is 12.1 Å². The van der Waals surface area contributed by atoms with E-state index in [-0.39, 0.29) is 5.97 Å². The van der Waals surface area contributed by atoms with Crippen molar-refractivity contribution >= 4 is 5.97 Å². The molecule has 0 fully saturated rings. The normalized spacial score (nSPS) is 10.8. The standard InChI is InChI=1S/C15H19N3O2/c1-11(2)7-9-20-15(19)13-10-17-18(12(13)3)14-6-4-5-8-16-14/h4-6,8,10-11H,7,9H2,1-3H3. The number of carbonyl (C=O) groups is 1. The fourth-order valence-electron chi connectivity index (χ4n) is 1.79. The summed E-state index contributed by atoms with van der Waals surface area (Å²) in [5.74, 6) is 0.872. The molecule has 0 aromatic carbocycles. The Morgan fingerprint density at radius 2 is 2.20 bits per heavy atom. The summed E-state index contributed by atoms with van der Waals surface area (Å²) in [5, 5.41) is 4.20. The van der Waals surface area contributed by atoms with Crippen LogP contribution in [-0.4, -0.2) is 27.3 Å². The van der Waals surface area contributed by atoms with Crippen molar-refractivity contribution in [1.29, 1.82) is 0 Å². The van der Waals surface area contributed by atoms with Crippen molar-refractivity contribution in [3.05, 3.63) is 41.9 Å². The van der Waals surface area contributed by atoms with Gasteiger partial charge in [-0.15, -0.1) is 0 Å². The average molecular weight is 273 g/mol. The molecule has 0 amide bonds. The third-order valence-electron chi connectivity index (χ3n) is 3.02. The molecule has 0 aliphatic heterocycles. The molecule has 5 nitrogen and oxygen atoms in total. The Hall–Kier alpha value is -2.17. The highest BCUT2D eigenvalue weighted by Crippen LogP contribution is 2.13. The van der Waals surface area contributed by atoms with Gasteiger partial charge in [-0.3, -0.25) is 0 Å². The van der Waals surface area contributed by atoms with Crippen LogP contribution in [0, 0.1) is 12.8 Å². The average Bonchev–Trinajstić information content (AvgIpc) is 2.81. The molecule has 0 saturated heterocycles. The minimum Gasteiger partial charge on any atom is -0.462 e. The zero-order valence-electron chi connectivity index (χ0n) is 12.0. The molecule has 0 atom stereocenters. The largest absolute Gasteiger partial charge is 0.462 e. The van der Waals surface area contributed by atoms with Crippen molar-refractivity contribution < 1.29 is 9.53 Å². The molecule has 106 valence electrons. The lowest BCUT2D eigenvalue weighted by atomic mass is 10.1. The van der Waals surface area contributed by atoms with Gasteiger partial charge >= 0.3 is 5.97 Å². The van der Waals surface area contributed by atoms with Crippen LogP contribution in [0.5, 0.6) is 0 Å². The lowest BCUT2D eigenvalue weighted by Gasteiger charge is -2.07. The van der Waals surface area contributed by atoms with Crippen molar-refractivity contribution in [3.8, 4) is 5.82 Å². The summed E-state index contributed by atoms with van der Waals surface area (Å²) in [6.45, 7) is 6.46. The van der Waals surface area contributed by atoms with Crippen LogP contribution in [0.25, 0.3) is 5.82 Å². The number of pyridine rings is 1. The van der Waals surface area contributed by atoms with Crippen molar-refractivity contribution in [2.24, 2.45) is 5.92 Å². The summed E-state index contributed by atoms with van der Waals surface area (Å²) in [4.78, 5) is 16.2. The fourth-order valence-corrected chi connectivity index (χ4v) is 1.79. The van der Waals surface area contributed by atoms with Gasteiger partial charge in [0.05, 0.1) is 18.5 Å². The van der Waals surface area contributed by atoms with E-state index in [1.807, 2.05) is 25.1 Å². The number of carbonyl (C=O) groups excluding carboxylic acids is 1. The van der Waals surface area contributed by atoms with Gasteiger partial charge in [0.15, 0.2) is 5.82 Å². The van der Waals surface area contributed by atoms with Crippen molar-refractivity contribution in [3.63, 3.8) is 0 Å². The molecule has 20 heavy (non-hydrogen) atoms. The summed E-state index contributed by atoms with van der Waals surface area (Å²) in [6, 6.07) is 5.56. The van der Waals surface area contributed by atoms with Crippen LogP contribution in [-0.2, 0) is 4.74 Å².